The lowest BCUT2D eigenvalue weighted by atomic mass is 10.1. The lowest BCUT2D eigenvalue weighted by Gasteiger charge is -2.34. The Morgan fingerprint density at radius 3 is 2.36 bits per heavy atom. The number of fused-ring (bicyclic) bond motifs is 1. The molecular weight excluding hydrogens is 338 g/mol. The number of hydrogen-bond acceptors (Lipinski definition) is 4. The number of nitrogens with one attached hydrogen (secondary N) is 1. The van der Waals surface area contributed by atoms with Gasteiger partial charge in [0.25, 0.3) is 0 Å². The van der Waals surface area contributed by atoms with E-state index >= 15 is 0 Å². The van der Waals surface area contributed by atoms with Gasteiger partial charge in [0.1, 0.15) is 0 Å². The molecule has 0 bridgehead atoms. The summed E-state index contributed by atoms with van der Waals surface area (Å²) in [6.45, 7) is 4.44. The number of carbonyl (C=O) groups excluding carboxylic acids is 1. The monoisotopic (exact) mass is 361 g/mol. The number of benzene rings is 2. The number of sulfonamides is 1. The molecule has 7 heteroatoms. The summed E-state index contributed by atoms with van der Waals surface area (Å²) >= 11 is 0. The van der Waals surface area contributed by atoms with Crippen molar-refractivity contribution in [2.45, 2.75) is 17.9 Å². The Morgan fingerprint density at radius 2 is 1.68 bits per heavy atom. The fourth-order valence-corrected chi connectivity index (χ4v) is 4.22. The smallest absolute Gasteiger partial charge is 0.241 e. The van der Waals surface area contributed by atoms with Crippen LogP contribution in [0.5, 0.6) is 0 Å². The number of piperazine rings is 1. The summed E-state index contributed by atoms with van der Waals surface area (Å²) in [5, 5.41) is 1.83. The summed E-state index contributed by atoms with van der Waals surface area (Å²) in [7, 11) is -1.75. The van der Waals surface area contributed by atoms with Crippen LogP contribution in [0.1, 0.15) is 6.92 Å². The molecule has 1 fully saturated rings. The number of nitrogens with zero attached hydrogens (tertiary/aromatic N) is 2. The minimum absolute atomic E-state index is 0.171. The standard InChI is InChI=1S/C18H23N3O3S/c1-14(18(22)21-11-9-20(2)10-12-21)19-25(23,24)17-8-7-15-5-3-4-6-16(15)13-17/h3-8,13-14,19H,9-12H2,1-2H3/t14-/m0/s1. The third-order valence-corrected chi connectivity index (χ3v) is 6.09. The average Bonchev–Trinajstić information content (AvgIpc) is 2.61. The van der Waals surface area contributed by atoms with Crippen LogP contribution >= 0.6 is 0 Å². The van der Waals surface area contributed by atoms with Crippen molar-refractivity contribution in [3.63, 3.8) is 0 Å². The van der Waals surface area contributed by atoms with Crippen LogP contribution in [0.4, 0.5) is 0 Å². The fraction of sp³-hybridized carbons (Fsp3) is 0.389. The maximum Gasteiger partial charge on any atom is 0.241 e. The van der Waals surface area contributed by atoms with E-state index in [9.17, 15) is 13.2 Å². The maximum atomic E-state index is 12.6. The van der Waals surface area contributed by atoms with Gasteiger partial charge < -0.3 is 9.80 Å². The van der Waals surface area contributed by atoms with Gasteiger partial charge in [-0.3, -0.25) is 4.79 Å². The van der Waals surface area contributed by atoms with E-state index in [0.717, 1.165) is 23.9 Å². The van der Waals surface area contributed by atoms with Crippen molar-refractivity contribution in [3.8, 4) is 0 Å². The van der Waals surface area contributed by atoms with E-state index in [-0.39, 0.29) is 10.8 Å². The second kappa shape index (κ2) is 7.11. The largest absolute Gasteiger partial charge is 0.339 e. The number of hydrogen-bond donors (Lipinski definition) is 1. The van der Waals surface area contributed by atoms with E-state index in [4.69, 9.17) is 0 Å². The van der Waals surface area contributed by atoms with Gasteiger partial charge in [0.15, 0.2) is 0 Å². The molecule has 0 spiro atoms. The Balaban J connectivity index is 1.74. The molecule has 6 nitrogen and oxygen atoms in total. The SMILES string of the molecule is C[C@H](NS(=O)(=O)c1ccc2ccccc2c1)C(=O)N1CCN(C)CC1. The van der Waals surface area contributed by atoms with E-state index < -0.39 is 16.1 Å². The van der Waals surface area contributed by atoms with Crippen LogP contribution in [0.3, 0.4) is 0 Å². The first kappa shape index (κ1) is 17.8. The molecular formula is C18H23N3O3S. The highest BCUT2D eigenvalue weighted by Crippen LogP contribution is 2.19. The number of rotatable bonds is 4. The molecule has 1 saturated heterocycles. The van der Waals surface area contributed by atoms with Crippen molar-refractivity contribution in [1.82, 2.24) is 14.5 Å². The molecule has 1 heterocycles. The zero-order valence-electron chi connectivity index (χ0n) is 14.5. The number of carbonyl (C=O) groups is 1. The average molecular weight is 361 g/mol. The molecule has 2 aromatic carbocycles. The summed E-state index contributed by atoms with van der Waals surface area (Å²) in [5.41, 5.74) is 0. The molecule has 1 N–H and O–H groups in total. The molecule has 0 unspecified atom stereocenters. The molecule has 0 aromatic heterocycles. The molecule has 0 radical (unpaired) electrons. The van der Waals surface area contributed by atoms with Crippen LogP contribution in [0.25, 0.3) is 10.8 Å². The predicted molar refractivity (Wildman–Crippen MR) is 97.8 cm³/mol. The van der Waals surface area contributed by atoms with Crippen molar-refractivity contribution >= 4 is 26.7 Å². The lowest BCUT2D eigenvalue weighted by molar-refractivity contribution is -0.134. The van der Waals surface area contributed by atoms with Gasteiger partial charge >= 0.3 is 0 Å². The minimum Gasteiger partial charge on any atom is -0.339 e. The van der Waals surface area contributed by atoms with Crippen LogP contribution in [0.15, 0.2) is 47.4 Å². The normalized spacial score (nSPS) is 17.6. The highest BCUT2D eigenvalue weighted by molar-refractivity contribution is 7.89. The van der Waals surface area contributed by atoms with Gasteiger partial charge in [0, 0.05) is 26.2 Å². The molecule has 1 atom stereocenters. The third-order valence-electron chi connectivity index (χ3n) is 4.55. The quantitative estimate of drug-likeness (QED) is 0.891. The Kier molecular flexibility index (Phi) is 5.08. The Morgan fingerprint density at radius 1 is 1.04 bits per heavy atom. The zero-order chi connectivity index (χ0) is 18.0. The molecule has 0 saturated carbocycles. The van der Waals surface area contributed by atoms with Gasteiger partial charge in [0.05, 0.1) is 10.9 Å². The molecule has 134 valence electrons. The van der Waals surface area contributed by atoms with Gasteiger partial charge in [0.2, 0.25) is 15.9 Å². The molecule has 25 heavy (non-hydrogen) atoms. The molecule has 2 aromatic rings. The fourth-order valence-electron chi connectivity index (χ4n) is 2.99. The third kappa shape index (κ3) is 4.00. The van der Waals surface area contributed by atoms with Gasteiger partial charge in [-0.05, 0) is 36.9 Å². The molecule has 1 aliphatic heterocycles. The topological polar surface area (TPSA) is 69.7 Å². The van der Waals surface area contributed by atoms with Crippen LogP contribution in [0, 0.1) is 0 Å². The Labute approximate surface area is 148 Å². The first-order valence-electron chi connectivity index (χ1n) is 8.35. The van der Waals surface area contributed by atoms with E-state index in [2.05, 4.69) is 9.62 Å². The van der Waals surface area contributed by atoms with Crippen molar-refractivity contribution < 1.29 is 13.2 Å². The van der Waals surface area contributed by atoms with Crippen LogP contribution in [0.2, 0.25) is 0 Å². The van der Waals surface area contributed by atoms with Crippen molar-refractivity contribution in [2.75, 3.05) is 33.2 Å². The van der Waals surface area contributed by atoms with E-state index in [1.54, 1.807) is 30.0 Å². The highest BCUT2D eigenvalue weighted by atomic mass is 32.2. The van der Waals surface area contributed by atoms with Gasteiger partial charge in [-0.25, -0.2) is 8.42 Å². The molecule has 0 aliphatic carbocycles. The first-order chi connectivity index (χ1) is 11.9. The van der Waals surface area contributed by atoms with E-state index in [0.29, 0.717) is 13.1 Å². The molecule has 1 aliphatic rings. The van der Waals surface area contributed by atoms with Crippen LogP contribution in [-0.2, 0) is 14.8 Å². The summed E-state index contributed by atoms with van der Waals surface area (Å²) in [5.74, 6) is -0.183. The molecule has 3 rings (SSSR count). The van der Waals surface area contributed by atoms with Crippen LogP contribution in [-0.4, -0.2) is 63.4 Å². The van der Waals surface area contributed by atoms with Crippen LogP contribution < -0.4 is 4.72 Å². The maximum absolute atomic E-state index is 12.6. The van der Waals surface area contributed by atoms with Crippen molar-refractivity contribution in [3.05, 3.63) is 42.5 Å². The van der Waals surface area contributed by atoms with Gasteiger partial charge in [-0.15, -0.1) is 0 Å². The summed E-state index contributed by atoms with van der Waals surface area (Å²) < 4.78 is 27.8. The Hall–Kier alpha value is -1.96. The second-order valence-electron chi connectivity index (χ2n) is 6.48. The van der Waals surface area contributed by atoms with E-state index in [1.165, 1.54) is 0 Å². The number of amides is 1. The van der Waals surface area contributed by atoms with Gasteiger partial charge in [-0.1, -0.05) is 30.3 Å². The van der Waals surface area contributed by atoms with Crippen molar-refractivity contribution in [1.29, 1.82) is 0 Å². The number of likely N-dealkylation sites (N-methyl/N-ethyl adjacent to an activating group) is 1. The summed E-state index contributed by atoms with van der Waals surface area (Å²) in [6, 6.07) is 11.8. The van der Waals surface area contributed by atoms with Crippen molar-refractivity contribution in [2.24, 2.45) is 0 Å². The molecule has 1 amide bonds. The predicted octanol–water partition coefficient (Wildman–Crippen LogP) is 1.28. The first-order valence-corrected chi connectivity index (χ1v) is 9.83. The lowest BCUT2D eigenvalue weighted by Crippen LogP contribution is -2.53. The van der Waals surface area contributed by atoms with Gasteiger partial charge in [-0.2, -0.15) is 4.72 Å². The second-order valence-corrected chi connectivity index (χ2v) is 8.19. The zero-order valence-corrected chi connectivity index (χ0v) is 15.3. The summed E-state index contributed by atoms with van der Waals surface area (Å²) in [6.07, 6.45) is 0. The summed E-state index contributed by atoms with van der Waals surface area (Å²) in [4.78, 5) is 16.5. The highest BCUT2D eigenvalue weighted by Gasteiger charge is 2.27. The van der Waals surface area contributed by atoms with E-state index in [1.807, 2.05) is 31.3 Å². The Bertz CT molecular complexity index is 874. The minimum atomic E-state index is -3.75.